The van der Waals surface area contributed by atoms with Crippen LogP contribution in [0.5, 0.6) is 0 Å². The molecule has 0 aliphatic rings. The molecule has 3 aromatic carbocycles. The number of hydrogen-bond acceptors (Lipinski definition) is 1. The van der Waals surface area contributed by atoms with Crippen molar-refractivity contribution in [2.24, 2.45) is 5.92 Å². The molecular weight excluding hydrogens is 685 g/mol. The van der Waals surface area contributed by atoms with Crippen LogP contribution in [0.4, 0.5) is 0 Å². The third-order valence-corrected chi connectivity index (χ3v) is 8.06. The molecule has 3 rings (SSSR count). The topological polar surface area (TPSA) is 17.1 Å². The van der Waals surface area contributed by atoms with Crippen LogP contribution in [0.2, 0.25) is 0 Å². The zero-order valence-electron chi connectivity index (χ0n) is 15.4. The van der Waals surface area contributed by atoms with Gasteiger partial charge in [-0.2, -0.15) is 0 Å². The highest BCUT2D eigenvalue weighted by Gasteiger charge is 2.21. The zero-order valence-corrected chi connectivity index (χ0v) is 21.8. The summed E-state index contributed by atoms with van der Waals surface area (Å²) in [5.41, 5.74) is 3.79. The fourth-order valence-corrected chi connectivity index (χ4v) is 5.19. The van der Waals surface area contributed by atoms with Gasteiger partial charge in [-0.3, -0.25) is 4.79 Å². The van der Waals surface area contributed by atoms with Crippen LogP contribution in [-0.2, 0) is 24.1 Å². The second-order valence-corrected chi connectivity index (χ2v) is 10.3. The number of carbonyl (C=O) groups excluding carboxylic acids is 1. The van der Waals surface area contributed by atoms with Gasteiger partial charge >= 0.3 is 0 Å². The molecule has 0 bridgehead atoms. The number of ketones is 1. The van der Waals surface area contributed by atoms with E-state index in [0.717, 1.165) is 19.3 Å². The molecule has 0 aromatic heterocycles. The maximum Gasteiger partial charge on any atom is 0.136 e. The first-order chi connectivity index (χ1) is 13.5. The van der Waals surface area contributed by atoms with Crippen molar-refractivity contribution in [2.45, 2.75) is 25.7 Å². The molecular formula is C24H21I3O. The van der Waals surface area contributed by atoms with Gasteiger partial charge in [-0.25, -0.2) is 0 Å². The molecule has 0 aliphatic heterocycles. The lowest BCUT2D eigenvalue weighted by Gasteiger charge is -2.18. The first kappa shape index (κ1) is 22.2. The molecule has 0 radical (unpaired) electrons. The summed E-state index contributed by atoms with van der Waals surface area (Å²) in [5.74, 6) is 0.368. The largest absolute Gasteiger partial charge is 0.299 e. The molecule has 0 fully saturated rings. The van der Waals surface area contributed by atoms with Crippen molar-refractivity contribution in [1.82, 2.24) is 0 Å². The van der Waals surface area contributed by atoms with E-state index in [0.29, 0.717) is 12.2 Å². The number of aryl methyl sites for hydroxylation is 1. The Morgan fingerprint density at radius 3 is 1.46 bits per heavy atom. The first-order valence-corrected chi connectivity index (χ1v) is 12.5. The molecule has 0 aliphatic carbocycles. The number of halogens is 3. The van der Waals surface area contributed by atoms with E-state index in [1.807, 2.05) is 6.07 Å². The molecule has 0 saturated heterocycles. The highest BCUT2D eigenvalue weighted by atomic mass is 127. The predicted molar refractivity (Wildman–Crippen MR) is 142 cm³/mol. The lowest BCUT2D eigenvalue weighted by molar-refractivity contribution is -0.122. The van der Waals surface area contributed by atoms with Crippen LogP contribution in [0.3, 0.4) is 0 Å². The van der Waals surface area contributed by atoms with Gasteiger partial charge in [0.05, 0.1) is 0 Å². The summed E-state index contributed by atoms with van der Waals surface area (Å²) in [5, 5.41) is 0. The minimum absolute atomic E-state index is 0.00760. The van der Waals surface area contributed by atoms with E-state index in [2.05, 4.69) is 135 Å². The summed E-state index contributed by atoms with van der Waals surface area (Å²) in [6, 6.07) is 25.1. The Bertz CT molecular complexity index is 904. The first-order valence-electron chi connectivity index (χ1n) is 9.27. The van der Waals surface area contributed by atoms with Gasteiger partial charge in [-0.1, -0.05) is 54.6 Å². The zero-order chi connectivity index (χ0) is 19.9. The lowest BCUT2D eigenvalue weighted by Crippen LogP contribution is -2.21. The average molecular weight is 706 g/mol. The summed E-state index contributed by atoms with van der Waals surface area (Å²) in [7, 11) is 0. The molecule has 1 nitrogen and oxygen atoms in total. The Hall–Kier alpha value is -0.480. The second-order valence-electron chi connectivity index (χ2n) is 6.85. The smallest absolute Gasteiger partial charge is 0.136 e. The van der Waals surface area contributed by atoms with Crippen LogP contribution >= 0.6 is 67.8 Å². The van der Waals surface area contributed by atoms with E-state index in [1.165, 1.54) is 27.4 Å². The van der Waals surface area contributed by atoms with E-state index in [1.54, 1.807) is 0 Å². The molecule has 3 aromatic rings. The lowest BCUT2D eigenvalue weighted by atomic mass is 9.87. The van der Waals surface area contributed by atoms with Gasteiger partial charge in [0.15, 0.2) is 0 Å². The number of carbonyl (C=O) groups is 1. The van der Waals surface area contributed by atoms with E-state index in [4.69, 9.17) is 0 Å². The fourth-order valence-electron chi connectivity index (χ4n) is 3.32. The summed E-state index contributed by atoms with van der Waals surface area (Å²) in [4.78, 5) is 13.3. The van der Waals surface area contributed by atoms with Crippen molar-refractivity contribution in [1.29, 1.82) is 0 Å². The monoisotopic (exact) mass is 706 g/mol. The fraction of sp³-hybridized carbons (Fsp3) is 0.208. The summed E-state index contributed by atoms with van der Waals surface area (Å²) >= 11 is 7.11. The Morgan fingerprint density at radius 1 is 0.643 bits per heavy atom. The van der Waals surface area contributed by atoms with Gasteiger partial charge in [0, 0.05) is 23.0 Å². The predicted octanol–water partition coefficient (Wildman–Crippen LogP) is 7.10. The molecule has 0 spiro atoms. The van der Waals surface area contributed by atoms with E-state index >= 15 is 0 Å². The Morgan fingerprint density at radius 2 is 1.04 bits per heavy atom. The van der Waals surface area contributed by atoms with Crippen molar-refractivity contribution in [3.63, 3.8) is 0 Å². The third kappa shape index (κ3) is 6.26. The van der Waals surface area contributed by atoms with Crippen molar-refractivity contribution in [3.05, 3.63) is 100 Å². The molecule has 0 saturated carbocycles. The standard InChI is InChI=1S/C24H21I3O/c25-21-10-4-1-7-17(21)13-14-24(28)20(15-18-8-2-5-11-22(18)26)16-19-9-3-6-12-23(19)27/h1-12,20H,13-16H2. The normalized spacial score (nSPS) is 11.0. The van der Waals surface area contributed by atoms with Gasteiger partial charge in [-0.05, 0) is 122 Å². The number of Topliss-reactive ketones (excluding diaryl/α,β-unsaturated/α-hetero) is 1. The van der Waals surface area contributed by atoms with Crippen LogP contribution < -0.4 is 0 Å². The van der Waals surface area contributed by atoms with Crippen LogP contribution in [0, 0.1) is 16.6 Å². The van der Waals surface area contributed by atoms with Crippen molar-refractivity contribution in [3.8, 4) is 0 Å². The molecule has 28 heavy (non-hydrogen) atoms. The van der Waals surface area contributed by atoms with Gasteiger partial charge in [0.25, 0.3) is 0 Å². The van der Waals surface area contributed by atoms with Gasteiger partial charge in [0.2, 0.25) is 0 Å². The SMILES string of the molecule is O=C(CCc1ccccc1I)C(Cc1ccccc1I)Cc1ccccc1I. The van der Waals surface area contributed by atoms with E-state index < -0.39 is 0 Å². The van der Waals surface area contributed by atoms with Crippen LogP contribution in [-0.4, -0.2) is 5.78 Å². The summed E-state index contributed by atoms with van der Waals surface area (Å²) in [6.07, 6.45) is 3.01. The van der Waals surface area contributed by atoms with Crippen LogP contribution in [0.15, 0.2) is 72.8 Å². The Kier molecular flexibility index (Phi) is 8.77. The molecule has 0 N–H and O–H groups in total. The number of benzene rings is 3. The summed E-state index contributed by atoms with van der Waals surface area (Å²) in [6.45, 7) is 0. The van der Waals surface area contributed by atoms with Crippen LogP contribution in [0.1, 0.15) is 23.1 Å². The molecule has 0 atom stereocenters. The molecule has 0 unspecified atom stereocenters. The van der Waals surface area contributed by atoms with E-state index in [-0.39, 0.29) is 5.92 Å². The summed E-state index contributed by atoms with van der Waals surface area (Å²) < 4.78 is 3.70. The highest BCUT2D eigenvalue weighted by molar-refractivity contribution is 14.1. The molecule has 0 amide bonds. The molecule has 0 heterocycles. The number of hydrogen-bond donors (Lipinski definition) is 0. The van der Waals surface area contributed by atoms with Crippen molar-refractivity contribution < 1.29 is 4.79 Å². The molecule has 144 valence electrons. The maximum absolute atomic E-state index is 13.3. The minimum Gasteiger partial charge on any atom is -0.299 e. The maximum atomic E-state index is 13.3. The molecule has 4 heteroatoms. The van der Waals surface area contributed by atoms with Crippen molar-refractivity contribution in [2.75, 3.05) is 0 Å². The van der Waals surface area contributed by atoms with Crippen LogP contribution in [0.25, 0.3) is 0 Å². The van der Waals surface area contributed by atoms with Gasteiger partial charge < -0.3 is 0 Å². The second kappa shape index (κ2) is 11.1. The van der Waals surface area contributed by atoms with Crippen molar-refractivity contribution >= 4 is 73.6 Å². The highest BCUT2D eigenvalue weighted by Crippen LogP contribution is 2.24. The quantitative estimate of drug-likeness (QED) is 0.229. The van der Waals surface area contributed by atoms with E-state index in [9.17, 15) is 4.79 Å². The van der Waals surface area contributed by atoms with Gasteiger partial charge in [0.1, 0.15) is 5.78 Å². The van der Waals surface area contributed by atoms with Gasteiger partial charge in [-0.15, -0.1) is 0 Å². The average Bonchev–Trinajstić information content (AvgIpc) is 2.70. The minimum atomic E-state index is 0.00760. The third-order valence-electron chi connectivity index (χ3n) is 4.90. The number of rotatable bonds is 8. The Balaban J connectivity index is 1.78. The Labute approximate surface area is 208 Å².